The van der Waals surface area contributed by atoms with Crippen LogP contribution in [0.1, 0.15) is 20.7 Å². The van der Waals surface area contributed by atoms with Gasteiger partial charge in [-0.05, 0) is 0 Å². The van der Waals surface area contributed by atoms with Crippen LogP contribution in [0.4, 0.5) is 11.4 Å². The van der Waals surface area contributed by atoms with Gasteiger partial charge in [0.05, 0.1) is 37.3 Å². The second-order valence-electron chi connectivity index (χ2n) is 5.53. The molecule has 2 amide bonds. The highest BCUT2D eigenvalue weighted by Gasteiger charge is 2.43. The molecule has 1 aromatic carbocycles. The molecule has 1 rings (SSSR count). The number of rotatable bonds is 12. The molecule has 0 unspecified atom stereocenters. The fraction of sp³-hybridized carbons (Fsp3) is 0.500. The van der Waals surface area contributed by atoms with Crippen LogP contribution >= 0.6 is 0 Å². The van der Waals surface area contributed by atoms with Crippen LogP contribution in [0.2, 0.25) is 0 Å². The first-order valence-electron chi connectivity index (χ1n) is 8.41. The number of amides is 2. The number of nitro groups is 2. The maximum Gasteiger partial charge on any atom is 0.328 e. The van der Waals surface area contributed by atoms with Gasteiger partial charge in [0.25, 0.3) is 11.8 Å². The molecule has 0 spiro atoms. The van der Waals surface area contributed by atoms with Gasteiger partial charge in [-0.25, -0.2) is 0 Å². The van der Waals surface area contributed by atoms with Gasteiger partial charge in [0.2, 0.25) is 11.5 Å². The zero-order valence-electron chi connectivity index (χ0n) is 16.8. The van der Waals surface area contributed by atoms with Crippen molar-refractivity contribution in [1.29, 1.82) is 0 Å². The highest BCUT2D eigenvalue weighted by molar-refractivity contribution is 6.10. The lowest BCUT2D eigenvalue weighted by atomic mass is 10.0. The van der Waals surface area contributed by atoms with Crippen molar-refractivity contribution in [3.8, 4) is 11.5 Å². The molecule has 0 bridgehead atoms. The van der Waals surface area contributed by atoms with Crippen molar-refractivity contribution in [1.82, 2.24) is 10.6 Å². The highest BCUT2D eigenvalue weighted by atomic mass is 16.6. The molecular formula is C16H22N4O10. The maximum atomic E-state index is 12.6. The second-order valence-corrected chi connectivity index (χ2v) is 5.53. The molecule has 0 saturated carbocycles. The van der Waals surface area contributed by atoms with Crippen molar-refractivity contribution >= 4 is 23.2 Å². The predicted octanol–water partition coefficient (Wildman–Crippen LogP) is 0.273. The summed E-state index contributed by atoms with van der Waals surface area (Å²) in [5.74, 6) is -3.58. The number of carbonyl (C=O) groups is 2. The summed E-state index contributed by atoms with van der Waals surface area (Å²) in [7, 11) is 4.72. The van der Waals surface area contributed by atoms with E-state index >= 15 is 0 Å². The van der Waals surface area contributed by atoms with Gasteiger partial charge < -0.3 is 29.6 Å². The lowest BCUT2D eigenvalue weighted by Crippen LogP contribution is -2.31. The quantitative estimate of drug-likeness (QED) is 0.265. The minimum atomic E-state index is -1.04. The normalized spacial score (nSPS) is 10.3. The van der Waals surface area contributed by atoms with E-state index in [0.29, 0.717) is 0 Å². The Bertz CT molecular complexity index is 759. The Kier molecular flexibility index (Phi) is 9.38. The average Bonchev–Trinajstić information content (AvgIpc) is 2.71. The Morgan fingerprint density at radius 3 is 1.33 bits per heavy atom. The molecule has 0 aliphatic carbocycles. The van der Waals surface area contributed by atoms with E-state index in [4.69, 9.17) is 18.9 Å². The number of nitrogens with one attached hydrogen (secondary N) is 2. The van der Waals surface area contributed by atoms with Crippen molar-refractivity contribution < 1.29 is 38.4 Å². The molecule has 0 aromatic heterocycles. The van der Waals surface area contributed by atoms with Crippen LogP contribution in [0.5, 0.6) is 11.5 Å². The number of benzene rings is 1. The zero-order chi connectivity index (χ0) is 22.8. The van der Waals surface area contributed by atoms with E-state index in [1.807, 2.05) is 0 Å². The van der Waals surface area contributed by atoms with Gasteiger partial charge in [-0.15, -0.1) is 0 Å². The largest absolute Gasteiger partial charge is 0.489 e. The van der Waals surface area contributed by atoms with E-state index < -0.39 is 55.7 Å². The first kappa shape index (κ1) is 24.5. The van der Waals surface area contributed by atoms with Crippen LogP contribution < -0.4 is 20.1 Å². The molecule has 0 saturated heterocycles. The SMILES string of the molecule is COCCNC(=O)c1c(OC)c([N+](=O)[O-])c(C(=O)NCCOC)c(OC)c1[N+](=O)[O-]. The van der Waals surface area contributed by atoms with Crippen LogP contribution in [0.25, 0.3) is 0 Å². The standard InChI is InChI=1S/C16H22N4O10/c1-27-7-5-17-15(21)9-11(19(23)24)14(30-4)10(16(22)18-6-8-28-2)12(20(25)26)13(9)29-3/h5-8H2,1-4H3,(H,17,21)(H,18,22). The van der Waals surface area contributed by atoms with Crippen molar-refractivity contribution in [3.63, 3.8) is 0 Å². The first-order chi connectivity index (χ1) is 14.3. The van der Waals surface area contributed by atoms with Crippen LogP contribution in [0.3, 0.4) is 0 Å². The minimum Gasteiger partial charge on any atom is -0.489 e. The fourth-order valence-corrected chi connectivity index (χ4v) is 2.56. The van der Waals surface area contributed by atoms with E-state index in [9.17, 15) is 29.8 Å². The fourth-order valence-electron chi connectivity index (χ4n) is 2.56. The van der Waals surface area contributed by atoms with E-state index in [1.165, 1.54) is 14.2 Å². The van der Waals surface area contributed by atoms with E-state index in [0.717, 1.165) is 14.2 Å². The molecule has 1 aromatic rings. The van der Waals surface area contributed by atoms with Gasteiger partial charge in [0, 0.05) is 27.3 Å². The van der Waals surface area contributed by atoms with E-state index in [1.54, 1.807) is 0 Å². The predicted molar refractivity (Wildman–Crippen MR) is 101 cm³/mol. The summed E-state index contributed by atoms with van der Waals surface area (Å²) in [5.41, 5.74) is -3.41. The van der Waals surface area contributed by atoms with Crippen molar-refractivity contribution in [2.24, 2.45) is 0 Å². The third-order valence-corrected chi connectivity index (χ3v) is 3.77. The molecule has 0 aliphatic rings. The number of nitro benzene ring substituents is 2. The highest BCUT2D eigenvalue weighted by Crippen LogP contribution is 2.47. The van der Waals surface area contributed by atoms with Gasteiger partial charge in [-0.1, -0.05) is 0 Å². The molecule has 30 heavy (non-hydrogen) atoms. The summed E-state index contributed by atoms with van der Waals surface area (Å²) >= 11 is 0. The summed E-state index contributed by atoms with van der Waals surface area (Å²) in [6, 6.07) is 0. The molecule has 0 atom stereocenters. The number of carbonyl (C=O) groups excluding carboxylic acids is 2. The van der Waals surface area contributed by atoms with Gasteiger partial charge in [0.1, 0.15) is 0 Å². The average molecular weight is 430 g/mol. The van der Waals surface area contributed by atoms with E-state index in [-0.39, 0.29) is 26.3 Å². The molecule has 0 aliphatic heterocycles. The third-order valence-electron chi connectivity index (χ3n) is 3.77. The second kappa shape index (κ2) is 11.5. The van der Waals surface area contributed by atoms with Crippen molar-refractivity contribution in [2.75, 3.05) is 54.7 Å². The maximum absolute atomic E-state index is 12.6. The Hall–Kier alpha value is -3.52. The number of hydrogen-bond donors (Lipinski definition) is 2. The van der Waals surface area contributed by atoms with Gasteiger partial charge in [-0.3, -0.25) is 29.8 Å². The molecule has 14 heteroatoms. The summed E-state index contributed by atoms with van der Waals surface area (Å²) in [6.07, 6.45) is 0. The van der Waals surface area contributed by atoms with Crippen LogP contribution in [-0.2, 0) is 9.47 Å². The number of nitrogens with zero attached hydrogens (tertiary/aromatic N) is 2. The van der Waals surface area contributed by atoms with Gasteiger partial charge in [0.15, 0.2) is 11.1 Å². The Morgan fingerprint density at radius 2 is 1.10 bits per heavy atom. The summed E-state index contributed by atoms with van der Waals surface area (Å²) < 4.78 is 19.5. The smallest absolute Gasteiger partial charge is 0.328 e. The molecule has 0 heterocycles. The van der Waals surface area contributed by atoms with Crippen molar-refractivity contribution in [2.45, 2.75) is 0 Å². The summed E-state index contributed by atoms with van der Waals surface area (Å²) in [4.78, 5) is 46.8. The van der Waals surface area contributed by atoms with Gasteiger partial charge in [-0.2, -0.15) is 0 Å². The number of hydrogen-bond acceptors (Lipinski definition) is 10. The van der Waals surface area contributed by atoms with Crippen molar-refractivity contribution in [3.05, 3.63) is 31.4 Å². The summed E-state index contributed by atoms with van der Waals surface area (Å²) in [6.45, 7) is 0.0954. The molecule has 14 nitrogen and oxygen atoms in total. The van der Waals surface area contributed by atoms with Gasteiger partial charge >= 0.3 is 11.4 Å². The third kappa shape index (κ3) is 5.30. The topological polar surface area (TPSA) is 181 Å². The minimum absolute atomic E-state index is 0.0367. The lowest BCUT2D eigenvalue weighted by molar-refractivity contribution is -0.390. The molecule has 2 N–H and O–H groups in total. The van der Waals surface area contributed by atoms with Crippen LogP contribution in [0, 0.1) is 20.2 Å². The zero-order valence-corrected chi connectivity index (χ0v) is 16.8. The van der Waals surface area contributed by atoms with Crippen LogP contribution in [0.15, 0.2) is 0 Å². The molecule has 166 valence electrons. The molecule has 0 fully saturated rings. The summed E-state index contributed by atoms with van der Waals surface area (Å²) in [5, 5.41) is 28.2. The number of ether oxygens (including phenoxy) is 4. The first-order valence-corrected chi connectivity index (χ1v) is 8.41. The molecular weight excluding hydrogens is 408 g/mol. The Morgan fingerprint density at radius 1 is 0.767 bits per heavy atom. The number of methoxy groups -OCH3 is 4. The lowest BCUT2D eigenvalue weighted by Gasteiger charge is -2.16. The van der Waals surface area contributed by atoms with Crippen LogP contribution in [-0.4, -0.2) is 76.4 Å². The molecule has 0 radical (unpaired) electrons. The Labute approximate surface area is 170 Å². The Balaban J connectivity index is 3.85. The monoisotopic (exact) mass is 430 g/mol. The van der Waals surface area contributed by atoms with E-state index in [2.05, 4.69) is 10.6 Å².